The third kappa shape index (κ3) is 5.35. The Labute approximate surface area is 231 Å². The molecule has 1 saturated heterocycles. The smallest absolute Gasteiger partial charge is 0.332 e. The van der Waals surface area contributed by atoms with Gasteiger partial charge in [-0.15, -0.1) is 0 Å². The summed E-state index contributed by atoms with van der Waals surface area (Å²) in [6, 6.07) is 13.5. The normalized spacial score (nSPS) is 14.2. The number of nitrogens with zero attached hydrogens (tertiary/aromatic N) is 6. The van der Waals surface area contributed by atoms with Gasteiger partial charge in [-0.3, -0.25) is 28.2 Å². The van der Waals surface area contributed by atoms with Crippen LogP contribution in [0.2, 0.25) is 5.02 Å². The van der Waals surface area contributed by atoms with Crippen molar-refractivity contribution in [3.63, 3.8) is 0 Å². The molecule has 5 rings (SSSR count). The van der Waals surface area contributed by atoms with Crippen molar-refractivity contribution in [1.82, 2.24) is 23.6 Å². The molecule has 0 aliphatic carbocycles. The Balaban J connectivity index is 1.39. The van der Waals surface area contributed by atoms with Crippen molar-refractivity contribution in [1.29, 1.82) is 0 Å². The van der Waals surface area contributed by atoms with Crippen LogP contribution in [0.3, 0.4) is 0 Å². The van der Waals surface area contributed by atoms with Gasteiger partial charge in [-0.05, 0) is 48.7 Å². The molecule has 4 aromatic rings. The largest absolute Gasteiger partial charge is 0.340 e. The zero-order chi connectivity index (χ0) is 27.8. The number of nitrogens with one attached hydrogen (secondary N) is 1. The van der Waals surface area contributed by atoms with Gasteiger partial charge < -0.3 is 10.2 Å². The molecule has 11 heteroatoms. The quantitative estimate of drug-likeness (QED) is 0.397. The lowest BCUT2D eigenvalue weighted by molar-refractivity contribution is -0.117. The Bertz CT molecular complexity index is 1660. The van der Waals surface area contributed by atoms with E-state index in [0.29, 0.717) is 54.9 Å². The van der Waals surface area contributed by atoms with Crippen LogP contribution in [-0.4, -0.2) is 62.2 Å². The zero-order valence-electron chi connectivity index (χ0n) is 22.6. The summed E-state index contributed by atoms with van der Waals surface area (Å²) >= 11 is 6.47. The number of amides is 1. The lowest BCUT2D eigenvalue weighted by Gasteiger charge is -2.35. The van der Waals surface area contributed by atoms with Crippen molar-refractivity contribution in [3.05, 3.63) is 85.0 Å². The molecule has 2 aromatic heterocycles. The summed E-state index contributed by atoms with van der Waals surface area (Å²) in [6.45, 7) is 7.14. The second kappa shape index (κ2) is 10.7. The molecule has 1 aliphatic heterocycles. The first kappa shape index (κ1) is 26.7. The molecule has 0 spiro atoms. The van der Waals surface area contributed by atoms with E-state index in [2.05, 4.69) is 21.2 Å². The van der Waals surface area contributed by atoms with Gasteiger partial charge in [-0.25, -0.2) is 4.79 Å². The van der Waals surface area contributed by atoms with E-state index in [1.807, 2.05) is 54.8 Å². The first-order chi connectivity index (χ1) is 18.6. The molecule has 0 radical (unpaired) electrons. The van der Waals surface area contributed by atoms with Crippen LogP contribution in [0.25, 0.3) is 11.2 Å². The van der Waals surface area contributed by atoms with E-state index in [4.69, 9.17) is 16.6 Å². The molecule has 0 atom stereocenters. The molecular formula is C28H32ClN7O3. The highest BCUT2D eigenvalue weighted by Crippen LogP contribution is 2.25. The predicted molar refractivity (Wildman–Crippen MR) is 154 cm³/mol. The predicted octanol–water partition coefficient (Wildman–Crippen LogP) is 2.51. The van der Waals surface area contributed by atoms with Gasteiger partial charge in [0.15, 0.2) is 11.2 Å². The van der Waals surface area contributed by atoms with Crippen LogP contribution in [-0.2, 0) is 25.4 Å². The SMILES string of the molecule is Cc1cc(C)cc(NC(=O)CN2CCN(c3nc4c(c(=O)n(C)c(=O)n4C)n3Cc3ccccc3Cl)CC2)c1. The molecule has 1 N–H and O–H groups in total. The number of halogens is 1. The van der Waals surface area contributed by atoms with Gasteiger partial charge in [0, 0.05) is 51.0 Å². The van der Waals surface area contributed by atoms with E-state index in [9.17, 15) is 14.4 Å². The van der Waals surface area contributed by atoms with E-state index in [1.165, 1.54) is 11.6 Å². The third-order valence-corrected chi connectivity index (χ3v) is 7.51. The van der Waals surface area contributed by atoms with Crippen molar-refractivity contribution in [2.75, 3.05) is 42.9 Å². The molecule has 39 heavy (non-hydrogen) atoms. The summed E-state index contributed by atoms with van der Waals surface area (Å²) in [5.41, 5.74) is 3.71. The van der Waals surface area contributed by atoms with Crippen molar-refractivity contribution < 1.29 is 4.79 Å². The van der Waals surface area contributed by atoms with Crippen LogP contribution < -0.4 is 21.5 Å². The molecule has 2 aromatic carbocycles. The van der Waals surface area contributed by atoms with Gasteiger partial charge in [0.05, 0.1) is 13.1 Å². The van der Waals surface area contributed by atoms with Crippen molar-refractivity contribution in [2.24, 2.45) is 14.1 Å². The second-order valence-electron chi connectivity index (χ2n) is 10.2. The Morgan fingerprint density at radius 1 is 0.974 bits per heavy atom. The minimum absolute atomic E-state index is 0.0575. The van der Waals surface area contributed by atoms with Gasteiger partial charge in [0.2, 0.25) is 11.9 Å². The van der Waals surface area contributed by atoms with Gasteiger partial charge in [-0.2, -0.15) is 4.98 Å². The van der Waals surface area contributed by atoms with E-state index in [1.54, 1.807) is 7.05 Å². The Hall–Kier alpha value is -3.89. The number of piperazine rings is 1. The van der Waals surface area contributed by atoms with Gasteiger partial charge >= 0.3 is 5.69 Å². The first-order valence-corrected chi connectivity index (χ1v) is 13.3. The third-order valence-electron chi connectivity index (χ3n) is 7.14. The molecule has 1 fully saturated rings. The topological polar surface area (TPSA) is 97.4 Å². The van der Waals surface area contributed by atoms with Crippen LogP contribution in [0, 0.1) is 13.8 Å². The monoisotopic (exact) mass is 549 g/mol. The molecule has 0 bridgehead atoms. The maximum atomic E-state index is 13.2. The number of imidazole rings is 1. The molecule has 1 amide bonds. The van der Waals surface area contributed by atoms with Crippen LogP contribution in [0.15, 0.2) is 52.1 Å². The van der Waals surface area contributed by atoms with E-state index in [0.717, 1.165) is 26.9 Å². The number of fused-ring (bicyclic) bond motifs is 1. The lowest BCUT2D eigenvalue weighted by Crippen LogP contribution is -2.49. The summed E-state index contributed by atoms with van der Waals surface area (Å²) in [5.74, 6) is 0.542. The summed E-state index contributed by atoms with van der Waals surface area (Å²) in [4.78, 5) is 47.6. The van der Waals surface area contributed by atoms with Gasteiger partial charge in [-0.1, -0.05) is 35.9 Å². The zero-order valence-corrected chi connectivity index (χ0v) is 23.3. The molecule has 204 valence electrons. The van der Waals surface area contributed by atoms with E-state index >= 15 is 0 Å². The number of benzene rings is 2. The van der Waals surface area contributed by atoms with Crippen LogP contribution in [0.1, 0.15) is 16.7 Å². The number of carbonyl (C=O) groups is 1. The van der Waals surface area contributed by atoms with E-state index in [-0.39, 0.29) is 12.5 Å². The summed E-state index contributed by atoms with van der Waals surface area (Å²) in [7, 11) is 3.09. The standard InChI is InChI=1S/C28H32ClN7O3/c1-18-13-19(2)15-21(14-18)30-23(37)17-34-9-11-35(12-10-34)27-31-25-24(26(38)33(4)28(39)32(25)3)36(27)16-20-7-5-6-8-22(20)29/h5-8,13-15H,9-12,16-17H2,1-4H3,(H,30,37). The maximum absolute atomic E-state index is 13.2. The number of carbonyl (C=O) groups excluding carboxylic acids is 1. The van der Waals surface area contributed by atoms with Crippen molar-refractivity contribution in [3.8, 4) is 0 Å². The summed E-state index contributed by atoms with van der Waals surface area (Å²) in [6.07, 6.45) is 0. The van der Waals surface area contributed by atoms with Crippen LogP contribution in [0.5, 0.6) is 0 Å². The molecule has 10 nitrogen and oxygen atoms in total. The molecule has 3 heterocycles. The average Bonchev–Trinajstić information content (AvgIpc) is 3.26. The molecular weight excluding hydrogens is 518 g/mol. The Morgan fingerprint density at radius 3 is 2.31 bits per heavy atom. The average molecular weight is 550 g/mol. The number of anilines is 2. The van der Waals surface area contributed by atoms with Crippen LogP contribution >= 0.6 is 11.6 Å². The van der Waals surface area contributed by atoms with E-state index < -0.39 is 11.2 Å². The fourth-order valence-corrected chi connectivity index (χ4v) is 5.38. The number of hydrogen-bond donors (Lipinski definition) is 1. The maximum Gasteiger partial charge on any atom is 0.332 e. The fourth-order valence-electron chi connectivity index (χ4n) is 5.18. The number of aromatic nitrogens is 4. The number of hydrogen-bond acceptors (Lipinski definition) is 6. The Kier molecular flexibility index (Phi) is 7.33. The summed E-state index contributed by atoms with van der Waals surface area (Å²) in [5, 5.41) is 3.59. The minimum Gasteiger partial charge on any atom is -0.340 e. The number of rotatable bonds is 6. The minimum atomic E-state index is -0.430. The van der Waals surface area contributed by atoms with Crippen LogP contribution in [0.4, 0.5) is 11.6 Å². The highest BCUT2D eigenvalue weighted by atomic mass is 35.5. The fraction of sp³-hybridized carbons (Fsp3) is 0.357. The Morgan fingerprint density at radius 2 is 1.64 bits per heavy atom. The molecule has 0 unspecified atom stereocenters. The van der Waals surface area contributed by atoms with Gasteiger partial charge in [0.25, 0.3) is 5.56 Å². The highest BCUT2D eigenvalue weighted by molar-refractivity contribution is 6.31. The second-order valence-corrected chi connectivity index (χ2v) is 10.6. The van der Waals surface area contributed by atoms with Gasteiger partial charge in [0.1, 0.15) is 0 Å². The molecule has 0 saturated carbocycles. The van der Waals surface area contributed by atoms with Crippen molar-refractivity contribution >= 4 is 40.3 Å². The summed E-state index contributed by atoms with van der Waals surface area (Å²) < 4.78 is 4.35. The number of aryl methyl sites for hydroxylation is 3. The van der Waals surface area contributed by atoms with Crippen molar-refractivity contribution in [2.45, 2.75) is 20.4 Å². The molecule has 1 aliphatic rings. The first-order valence-electron chi connectivity index (χ1n) is 12.9. The lowest BCUT2D eigenvalue weighted by atomic mass is 10.1. The highest BCUT2D eigenvalue weighted by Gasteiger charge is 2.26.